The minimum Gasteiger partial charge on any atom is -0.298 e. The Morgan fingerprint density at radius 2 is 2.50 bits per heavy atom. The van der Waals surface area contributed by atoms with Crippen molar-refractivity contribution in [3.8, 4) is 0 Å². The Morgan fingerprint density at radius 1 is 1.70 bits per heavy atom. The number of pyridine rings is 1. The van der Waals surface area contributed by atoms with E-state index in [0.29, 0.717) is 5.56 Å². The van der Waals surface area contributed by atoms with Crippen LogP contribution in [0.5, 0.6) is 0 Å². The molecule has 0 aliphatic heterocycles. The summed E-state index contributed by atoms with van der Waals surface area (Å²) in [5.74, 6) is 0. The number of hydrogen-bond donors (Lipinski definition) is 0. The van der Waals surface area contributed by atoms with Crippen LogP contribution in [0.4, 0.5) is 0 Å². The molecule has 1 aromatic rings. The molecule has 0 aliphatic rings. The molecular formula is C7H7BNO. The lowest BCUT2D eigenvalue weighted by Gasteiger charge is -1.95. The van der Waals surface area contributed by atoms with Crippen LogP contribution in [0.1, 0.15) is 10.4 Å². The smallest absolute Gasteiger partial charge is 0.151 e. The zero-order chi connectivity index (χ0) is 7.40. The van der Waals surface area contributed by atoms with Crippen molar-refractivity contribution in [3.63, 3.8) is 0 Å². The lowest BCUT2D eigenvalue weighted by atomic mass is 9.72. The fourth-order valence-corrected chi connectivity index (χ4v) is 0.766. The Morgan fingerprint density at radius 3 is 3.00 bits per heavy atom. The van der Waals surface area contributed by atoms with Crippen LogP contribution in [0.2, 0.25) is 6.82 Å². The molecule has 49 valence electrons. The van der Waals surface area contributed by atoms with Crippen molar-refractivity contribution in [2.75, 3.05) is 0 Å². The highest BCUT2D eigenvalue weighted by Crippen LogP contribution is 1.86. The molecule has 0 amide bonds. The third-order valence-corrected chi connectivity index (χ3v) is 1.33. The van der Waals surface area contributed by atoms with Crippen molar-refractivity contribution in [1.29, 1.82) is 0 Å². The van der Waals surface area contributed by atoms with Gasteiger partial charge < -0.3 is 0 Å². The molecule has 1 radical (unpaired) electrons. The van der Waals surface area contributed by atoms with Crippen molar-refractivity contribution in [2.24, 2.45) is 0 Å². The van der Waals surface area contributed by atoms with Gasteiger partial charge >= 0.3 is 0 Å². The number of aldehydes is 1. The predicted octanol–water partition coefficient (Wildman–Crippen LogP) is 0.272. The second-order valence-corrected chi connectivity index (χ2v) is 1.91. The third-order valence-electron chi connectivity index (χ3n) is 1.33. The predicted molar refractivity (Wildman–Crippen MR) is 40.9 cm³/mol. The molecule has 0 atom stereocenters. The van der Waals surface area contributed by atoms with Gasteiger partial charge in [0.25, 0.3) is 0 Å². The van der Waals surface area contributed by atoms with Crippen LogP contribution in [-0.4, -0.2) is 18.5 Å². The number of rotatable bonds is 2. The molecule has 0 saturated heterocycles. The standard InChI is InChI=1S/C7H7BNO/c1-8-7-4-9-3-2-6(7)5-10/h2-5H,1H3. The summed E-state index contributed by atoms with van der Waals surface area (Å²) in [6, 6.07) is 1.70. The van der Waals surface area contributed by atoms with Gasteiger partial charge in [-0.25, -0.2) is 0 Å². The van der Waals surface area contributed by atoms with Gasteiger partial charge in [0.05, 0.1) is 0 Å². The summed E-state index contributed by atoms with van der Waals surface area (Å²) in [5, 5.41) is 0. The van der Waals surface area contributed by atoms with Crippen LogP contribution in [0, 0.1) is 0 Å². The molecule has 1 aromatic heterocycles. The van der Waals surface area contributed by atoms with Crippen molar-refractivity contribution in [2.45, 2.75) is 6.82 Å². The maximum absolute atomic E-state index is 10.3. The highest BCUT2D eigenvalue weighted by atomic mass is 16.1. The fourth-order valence-electron chi connectivity index (χ4n) is 0.766. The van der Waals surface area contributed by atoms with Crippen molar-refractivity contribution < 1.29 is 4.79 Å². The molecule has 1 heterocycles. The average molecular weight is 132 g/mol. The van der Waals surface area contributed by atoms with Crippen molar-refractivity contribution in [3.05, 3.63) is 24.0 Å². The Kier molecular flexibility index (Phi) is 2.21. The lowest BCUT2D eigenvalue weighted by Crippen LogP contribution is -2.16. The summed E-state index contributed by atoms with van der Waals surface area (Å²) in [4.78, 5) is 14.2. The Labute approximate surface area is 60.5 Å². The average Bonchev–Trinajstić information content (AvgIpc) is 2.04. The topological polar surface area (TPSA) is 30.0 Å². The molecule has 0 aliphatic carbocycles. The molecule has 2 nitrogen and oxygen atoms in total. The SMILES string of the molecule is C[B]c1cnccc1C=O. The minimum absolute atomic E-state index is 0.692. The molecule has 0 bridgehead atoms. The minimum atomic E-state index is 0.692. The largest absolute Gasteiger partial charge is 0.298 e. The van der Waals surface area contributed by atoms with Gasteiger partial charge in [-0.05, 0) is 6.07 Å². The second kappa shape index (κ2) is 3.15. The number of nitrogens with zero attached hydrogens (tertiary/aromatic N) is 1. The first-order chi connectivity index (χ1) is 4.88. The zero-order valence-electron chi connectivity index (χ0n) is 5.74. The zero-order valence-corrected chi connectivity index (χ0v) is 5.74. The van der Waals surface area contributed by atoms with Crippen LogP contribution in [0.25, 0.3) is 0 Å². The summed E-state index contributed by atoms with van der Waals surface area (Å²) >= 11 is 0. The van der Waals surface area contributed by atoms with Crippen LogP contribution in [0.3, 0.4) is 0 Å². The molecule has 0 fully saturated rings. The second-order valence-electron chi connectivity index (χ2n) is 1.91. The fraction of sp³-hybridized carbons (Fsp3) is 0.143. The molecule has 10 heavy (non-hydrogen) atoms. The van der Waals surface area contributed by atoms with Gasteiger partial charge in [0, 0.05) is 18.0 Å². The summed E-state index contributed by atoms with van der Waals surface area (Å²) < 4.78 is 0. The first kappa shape index (κ1) is 7.00. The van der Waals surface area contributed by atoms with E-state index < -0.39 is 0 Å². The van der Waals surface area contributed by atoms with Gasteiger partial charge in [-0.1, -0.05) is 12.3 Å². The molecule has 0 spiro atoms. The Balaban J connectivity index is 3.08. The Hall–Kier alpha value is -1.12. The van der Waals surface area contributed by atoms with Gasteiger partial charge in [0.2, 0.25) is 0 Å². The van der Waals surface area contributed by atoms with Gasteiger partial charge in [-0.15, -0.1) is 0 Å². The molecule has 0 aromatic carbocycles. The lowest BCUT2D eigenvalue weighted by molar-refractivity contribution is 0.112. The molecular weight excluding hydrogens is 125 g/mol. The highest BCUT2D eigenvalue weighted by molar-refractivity contribution is 6.53. The molecule has 3 heteroatoms. The quantitative estimate of drug-likeness (QED) is 0.427. The van der Waals surface area contributed by atoms with Gasteiger partial charge in [-0.3, -0.25) is 9.78 Å². The maximum Gasteiger partial charge on any atom is 0.151 e. The molecule has 0 unspecified atom stereocenters. The van der Waals surface area contributed by atoms with E-state index in [1.54, 1.807) is 18.5 Å². The van der Waals surface area contributed by atoms with E-state index >= 15 is 0 Å². The maximum atomic E-state index is 10.3. The summed E-state index contributed by atoms with van der Waals surface area (Å²) in [7, 11) is 1.86. The summed E-state index contributed by atoms with van der Waals surface area (Å²) in [6.45, 7) is 1.88. The van der Waals surface area contributed by atoms with Gasteiger partial charge in [-0.2, -0.15) is 0 Å². The van der Waals surface area contributed by atoms with Crippen molar-refractivity contribution >= 4 is 19.0 Å². The van der Waals surface area contributed by atoms with E-state index in [1.165, 1.54) is 0 Å². The van der Waals surface area contributed by atoms with E-state index in [2.05, 4.69) is 4.98 Å². The van der Waals surface area contributed by atoms with Crippen molar-refractivity contribution in [1.82, 2.24) is 4.98 Å². The molecule has 1 rings (SSSR count). The number of carbonyl (C=O) groups excluding carboxylic acids is 1. The monoisotopic (exact) mass is 132 g/mol. The Bertz CT molecular complexity index is 237. The van der Waals surface area contributed by atoms with Crippen LogP contribution < -0.4 is 5.46 Å². The van der Waals surface area contributed by atoms with E-state index in [9.17, 15) is 4.79 Å². The van der Waals surface area contributed by atoms with E-state index in [-0.39, 0.29) is 0 Å². The normalized spacial score (nSPS) is 8.90. The first-order valence-electron chi connectivity index (χ1n) is 3.07. The van der Waals surface area contributed by atoms with E-state index in [4.69, 9.17) is 0 Å². The highest BCUT2D eigenvalue weighted by Gasteiger charge is 1.96. The number of hydrogen-bond acceptors (Lipinski definition) is 2. The number of carbonyl (C=O) groups is 1. The van der Waals surface area contributed by atoms with Gasteiger partial charge in [0.15, 0.2) is 7.28 Å². The van der Waals surface area contributed by atoms with Crippen LogP contribution in [0.15, 0.2) is 18.5 Å². The third kappa shape index (κ3) is 1.24. The van der Waals surface area contributed by atoms with E-state index in [1.807, 2.05) is 14.1 Å². The molecule has 0 saturated carbocycles. The molecule has 0 N–H and O–H groups in total. The van der Waals surface area contributed by atoms with Crippen LogP contribution >= 0.6 is 0 Å². The van der Waals surface area contributed by atoms with Gasteiger partial charge in [0.1, 0.15) is 6.29 Å². The first-order valence-corrected chi connectivity index (χ1v) is 3.07. The van der Waals surface area contributed by atoms with Crippen LogP contribution in [-0.2, 0) is 0 Å². The summed E-state index contributed by atoms with van der Waals surface area (Å²) in [5.41, 5.74) is 1.58. The van der Waals surface area contributed by atoms with E-state index in [0.717, 1.165) is 11.7 Å². The number of aromatic nitrogens is 1. The summed E-state index contributed by atoms with van der Waals surface area (Å²) in [6.07, 6.45) is 4.11.